The third-order valence-corrected chi connectivity index (χ3v) is 4.11. The second kappa shape index (κ2) is 3.34. The maximum Gasteiger partial charge on any atom is 0.269 e. The van der Waals surface area contributed by atoms with Crippen molar-refractivity contribution in [2.45, 2.75) is 4.90 Å². The molecule has 5 nitrogen and oxygen atoms in total. The molecule has 0 atom stereocenters. The van der Waals surface area contributed by atoms with E-state index in [0.717, 1.165) is 4.31 Å². The molecule has 1 amide bonds. The molecule has 16 heavy (non-hydrogen) atoms. The van der Waals surface area contributed by atoms with Crippen molar-refractivity contribution in [2.75, 3.05) is 12.3 Å². The van der Waals surface area contributed by atoms with Crippen molar-refractivity contribution >= 4 is 21.6 Å². The van der Waals surface area contributed by atoms with Crippen LogP contribution in [0.1, 0.15) is 10.4 Å². The number of sulfonamides is 1. The first-order valence-corrected chi connectivity index (χ1v) is 6.00. The zero-order valence-corrected chi connectivity index (χ0v) is 9.20. The quantitative estimate of drug-likeness (QED) is 0.604. The Labute approximate surface area is 93.2 Å². The molecule has 0 saturated carbocycles. The van der Waals surface area contributed by atoms with Gasteiger partial charge in [-0.1, -0.05) is 6.08 Å². The molecule has 0 fully saturated rings. The van der Waals surface area contributed by atoms with E-state index in [9.17, 15) is 13.2 Å². The lowest BCUT2D eigenvalue weighted by Gasteiger charge is -2.11. The average molecular weight is 238 g/mol. The molecule has 0 aromatic heterocycles. The number of benzene rings is 1. The van der Waals surface area contributed by atoms with Gasteiger partial charge in [-0.2, -0.15) is 0 Å². The van der Waals surface area contributed by atoms with Gasteiger partial charge in [0.2, 0.25) is 0 Å². The highest BCUT2D eigenvalue weighted by Gasteiger charge is 2.40. The number of carbonyl (C=O) groups is 1. The van der Waals surface area contributed by atoms with Gasteiger partial charge in [-0.25, -0.2) is 12.7 Å². The fraction of sp³-hybridized carbons (Fsp3) is 0.100. The minimum atomic E-state index is -3.75. The summed E-state index contributed by atoms with van der Waals surface area (Å²) in [4.78, 5) is 11.7. The van der Waals surface area contributed by atoms with E-state index in [1.54, 1.807) is 0 Å². The summed E-state index contributed by atoms with van der Waals surface area (Å²) >= 11 is 0. The van der Waals surface area contributed by atoms with Crippen LogP contribution in [0.3, 0.4) is 0 Å². The zero-order valence-electron chi connectivity index (χ0n) is 8.38. The van der Waals surface area contributed by atoms with Crippen molar-refractivity contribution in [1.29, 1.82) is 0 Å². The van der Waals surface area contributed by atoms with Crippen molar-refractivity contribution in [3.8, 4) is 0 Å². The number of nitrogen functional groups attached to an aromatic ring is 1. The predicted octanol–water partition coefficient (Wildman–Crippen LogP) is 0.599. The van der Waals surface area contributed by atoms with Gasteiger partial charge in [0.15, 0.2) is 0 Å². The molecule has 1 aliphatic rings. The summed E-state index contributed by atoms with van der Waals surface area (Å²) in [5.41, 5.74) is 5.98. The lowest BCUT2D eigenvalue weighted by Crippen LogP contribution is -2.29. The SMILES string of the molecule is C=CCN1C(=O)c2ccc(N)cc2S1(=O)=O. The Morgan fingerprint density at radius 3 is 2.75 bits per heavy atom. The first-order valence-electron chi connectivity index (χ1n) is 4.56. The van der Waals surface area contributed by atoms with Gasteiger partial charge in [0.1, 0.15) is 4.90 Å². The molecule has 0 aliphatic carbocycles. The lowest BCUT2D eigenvalue weighted by atomic mass is 10.2. The van der Waals surface area contributed by atoms with E-state index in [-0.39, 0.29) is 17.0 Å². The first kappa shape index (κ1) is 10.7. The minimum absolute atomic E-state index is 0.0284. The van der Waals surface area contributed by atoms with Crippen LogP contribution in [-0.2, 0) is 10.0 Å². The summed E-state index contributed by atoms with van der Waals surface area (Å²) in [7, 11) is -3.75. The zero-order chi connectivity index (χ0) is 11.9. The molecular weight excluding hydrogens is 228 g/mol. The minimum Gasteiger partial charge on any atom is -0.399 e. The molecule has 0 unspecified atom stereocenters. The number of hydrogen-bond acceptors (Lipinski definition) is 4. The van der Waals surface area contributed by atoms with E-state index in [4.69, 9.17) is 5.73 Å². The average Bonchev–Trinajstić information content (AvgIpc) is 2.40. The van der Waals surface area contributed by atoms with E-state index in [1.165, 1.54) is 24.3 Å². The van der Waals surface area contributed by atoms with E-state index >= 15 is 0 Å². The molecule has 0 spiro atoms. The van der Waals surface area contributed by atoms with E-state index in [1.807, 2.05) is 0 Å². The highest BCUT2D eigenvalue weighted by molar-refractivity contribution is 7.90. The Hall–Kier alpha value is -1.82. The molecule has 0 saturated heterocycles. The summed E-state index contributed by atoms with van der Waals surface area (Å²) in [5.74, 6) is -0.532. The molecule has 2 N–H and O–H groups in total. The Morgan fingerprint density at radius 1 is 1.44 bits per heavy atom. The second-order valence-corrected chi connectivity index (χ2v) is 5.22. The van der Waals surface area contributed by atoms with Gasteiger partial charge < -0.3 is 5.73 Å². The van der Waals surface area contributed by atoms with Crippen LogP contribution in [0, 0.1) is 0 Å². The van der Waals surface area contributed by atoms with Crippen LogP contribution >= 0.6 is 0 Å². The largest absolute Gasteiger partial charge is 0.399 e. The van der Waals surface area contributed by atoms with Crippen LogP contribution in [0.5, 0.6) is 0 Å². The van der Waals surface area contributed by atoms with Crippen LogP contribution in [0.25, 0.3) is 0 Å². The summed E-state index contributed by atoms with van der Waals surface area (Å²) in [6.07, 6.45) is 1.37. The first-order chi connectivity index (χ1) is 7.48. The molecule has 0 radical (unpaired) electrons. The van der Waals surface area contributed by atoms with Crippen molar-refractivity contribution < 1.29 is 13.2 Å². The number of anilines is 1. The normalized spacial score (nSPS) is 17.2. The smallest absolute Gasteiger partial charge is 0.269 e. The molecule has 6 heteroatoms. The second-order valence-electron chi connectivity index (χ2n) is 3.39. The molecule has 84 valence electrons. The Balaban J connectivity index is 2.67. The topological polar surface area (TPSA) is 80.5 Å². The number of nitrogens with two attached hydrogens (primary N) is 1. The summed E-state index contributed by atoms with van der Waals surface area (Å²) in [6, 6.07) is 4.23. The van der Waals surface area contributed by atoms with Gasteiger partial charge in [-0.05, 0) is 18.2 Å². The van der Waals surface area contributed by atoms with Crippen LogP contribution in [0.2, 0.25) is 0 Å². The van der Waals surface area contributed by atoms with Crippen molar-refractivity contribution in [3.63, 3.8) is 0 Å². The highest BCUT2D eigenvalue weighted by atomic mass is 32.2. The highest BCUT2D eigenvalue weighted by Crippen LogP contribution is 2.31. The predicted molar refractivity (Wildman–Crippen MR) is 59.3 cm³/mol. The third-order valence-electron chi connectivity index (χ3n) is 2.33. The number of carbonyl (C=O) groups excluding carboxylic acids is 1. The number of amides is 1. The van der Waals surface area contributed by atoms with Crippen LogP contribution in [0.15, 0.2) is 35.7 Å². The fourth-order valence-corrected chi connectivity index (χ4v) is 3.16. The number of hydrogen-bond donors (Lipinski definition) is 1. The Bertz CT molecular complexity index is 578. The molecular formula is C10H10N2O3S. The van der Waals surface area contributed by atoms with Gasteiger partial charge >= 0.3 is 0 Å². The molecule has 1 aliphatic heterocycles. The van der Waals surface area contributed by atoms with E-state index in [0.29, 0.717) is 5.69 Å². The van der Waals surface area contributed by atoms with Crippen molar-refractivity contribution in [1.82, 2.24) is 4.31 Å². The molecule has 1 aromatic carbocycles. The summed E-state index contributed by atoms with van der Waals surface area (Å²) in [6.45, 7) is 3.39. The lowest BCUT2D eigenvalue weighted by molar-refractivity contribution is 0.0880. The van der Waals surface area contributed by atoms with Crippen LogP contribution < -0.4 is 5.73 Å². The van der Waals surface area contributed by atoms with Gasteiger partial charge in [0.05, 0.1) is 12.1 Å². The summed E-state index contributed by atoms with van der Waals surface area (Å²) < 4.78 is 24.7. The van der Waals surface area contributed by atoms with Crippen molar-refractivity contribution in [3.05, 3.63) is 36.4 Å². The van der Waals surface area contributed by atoms with Gasteiger partial charge in [0, 0.05) is 5.69 Å². The Kier molecular flexibility index (Phi) is 2.23. The molecule has 1 aromatic rings. The van der Waals surface area contributed by atoms with Gasteiger partial charge in [0.25, 0.3) is 15.9 Å². The van der Waals surface area contributed by atoms with E-state index in [2.05, 4.69) is 6.58 Å². The third kappa shape index (κ3) is 1.30. The van der Waals surface area contributed by atoms with Gasteiger partial charge in [-0.15, -0.1) is 6.58 Å². The number of fused-ring (bicyclic) bond motifs is 1. The van der Waals surface area contributed by atoms with Crippen LogP contribution in [-0.4, -0.2) is 25.2 Å². The van der Waals surface area contributed by atoms with Crippen molar-refractivity contribution in [2.24, 2.45) is 0 Å². The monoisotopic (exact) mass is 238 g/mol. The number of nitrogens with zero attached hydrogens (tertiary/aromatic N) is 1. The standard InChI is InChI=1S/C10H10N2O3S/c1-2-5-12-10(13)8-4-3-7(11)6-9(8)16(12,14)15/h2-4,6H,1,5,11H2. The number of rotatable bonds is 2. The molecule has 0 bridgehead atoms. The fourth-order valence-electron chi connectivity index (χ4n) is 1.59. The van der Waals surface area contributed by atoms with Gasteiger partial charge in [-0.3, -0.25) is 4.79 Å². The van der Waals surface area contributed by atoms with E-state index < -0.39 is 15.9 Å². The molecule has 2 rings (SSSR count). The Morgan fingerprint density at radius 2 is 2.12 bits per heavy atom. The molecule has 1 heterocycles. The van der Waals surface area contributed by atoms with Crippen LogP contribution in [0.4, 0.5) is 5.69 Å². The summed E-state index contributed by atoms with van der Waals surface area (Å²) in [5, 5.41) is 0. The maximum atomic E-state index is 11.9. The maximum absolute atomic E-state index is 11.9.